The van der Waals surface area contributed by atoms with Crippen molar-refractivity contribution < 1.29 is 24.0 Å². The Balaban J connectivity index is 1.58. The molecular weight excluding hydrogens is 566 g/mol. The summed E-state index contributed by atoms with van der Waals surface area (Å²) in [6.07, 6.45) is 0.419. The first kappa shape index (κ1) is 31.3. The van der Waals surface area contributed by atoms with Crippen LogP contribution in [0.25, 0.3) is 0 Å². The summed E-state index contributed by atoms with van der Waals surface area (Å²) in [5.41, 5.74) is 2.80. The summed E-state index contributed by atoms with van der Waals surface area (Å²) in [4.78, 5) is 45.8. The smallest absolute Gasteiger partial charge is 0.268 e. The maximum Gasteiger partial charge on any atom is 0.268 e. The lowest BCUT2D eigenvalue weighted by Crippen LogP contribution is -2.55. The van der Waals surface area contributed by atoms with E-state index in [1.54, 1.807) is 12.1 Å². The van der Waals surface area contributed by atoms with E-state index in [0.717, 1.165) is 21.8 Å². The van der Waals surface area contributed by atoms with Crippen LogP contribution in [0.3, 0.4) is 0 Å². The third-order valence-corrected chi connectivity index (χ3v) is 7.04. The van der Waals surface area contributed by atoms with Gasteiger partial charge in [-0.3, -0.25) is 19.2 Å². The second-order valence-corrected chi connectivity index (χ2v) is 10.3. The Hall–Kier alpha value is -4.66. The predicted molar refractivity (Wildman–Crippen MR) is 165 cm³/mol. The van der Waals surface area contributed by atoms with Crippen molar-refractivity contribution in [1.82, 2.24) is 15.7 Å². The Morgan fingerprint density at radius 3 is 1.84 bits per heavy atom. The standard InChI is InChI=1S/C34H34ClN3O5/c1-38(42-2)34(41)30(21-25-14-8-4-9-15-25)37-33(40)29(20-24-12-6-3-7-13-24)36-32(39)28-22-27(35)18-19-31(28)43-23-26-16-10-5-11-17-26/h3-19,22,29-30H,20-21,23H2,1-2H3,(H,36,39)(H,37,40)/t29-,30-/m0/s1. The number of ether oxygens (including phenoxy) is 1. The Morgan fingerprint density at radius 2 is 1.28 bits per heavy atom. The number of likely N-dealkylation sites (N-methyl/N-ethyl adjacent to an activating group) is 1. The molecule has 0 bridgehead atoms. The van der Waals surface area contributed by atoms with Gasteiger partial charge in [-0.05, 0) is 34.9 Å². The Bertz CT molecular complexity index is 1500. The average Bonchev–Trinajstić information content (AvgIpc) is 3.04. The minimum atomic E-state index is -1.02. The Kier molecular flexibility index (Phi) is 11.3. The van der Waals surface area contributed by atoms with Crippen LogP contribution in [0.5, 0.6) is 5.75 Å². The molecule has 3 amide bonds. The van der Waals surface area contributed by atoms with Crippen LogP contribution in [0.4, 0.5) is 0 Å². The Morgan fingerprint density at radius 1 is 0.744 bits per heavy atom. The van der Waals surface area contributed by atoms with E-state index in [2.05, 4.69) is 10.6 Å². The molecule has 0 aliphatic heterocycles. The van der Waals surface area contributed by atoms with Crippen LogP contribution < -0.4 is 15.4 Å². The molecule has 0 saturated heterocycles. The van der Waals surface area contributed by atoms with Crippen LogP contribution in [0.2, 0.25) is 5.02 Å². The van der Waals surface area contributed by atoms with Gasteiger partial charge in [-0.1, -0.05) is 103 Å². The molecule has 0 unspecified atom stereocenters. The highest BCUT2D eigenvalue weighted by Gasteiger charge is 2.30. The minimum absolute atomic E-state index is 0.185. The zero-order valence-corrected chi connectivity index (χ0v) is 24.8. The summed E-state index contributed by atoms with van der Waals surface area (Å²) in [6, 6.07) is 31.0. The van der Waals surface area contributed by atoms with Gasteiger partial charge in [0.25, 0.3) is 11.8 Å². The SMILES string of the molecule is CON(C)C(=O)[C@H](Cc1ccccc1)NC(=O)[C@H](Cc1ccccc1)NC(=O)c1cc(Cl)ccc1OCc1ccccc1. The summed E-state index contributed by atoms with van der Waals surface area (Å²) < 4.78 is 5.98. The Labute approximate surface area is 256 Å². The first-order valence-electron chi connectivity index (χ1n) is 13.8. The molecule has 4 aromatic carbocycles. The molecule has 0 fully saturated rings. The van der Waals surface area contributed by atoms with Crippen molar-refractivity contribution in [3.05, 3.63) is 136 Å². The zero-order chi connectivity index (χ0) is 30.6. The molecule has 0 aliphatic carbocycles. The molecule has 9 heteroatoms. The second-order valence-electron chi connectivity index (χ2n) is 9.90. The van der Waals surface area contributed by atoms with E-state index < -0.39 is 29.8 Å². The maximum absolute atomic E-state index is 13.8. The number of rotatable bonds is 13. The monoisotopic (exact) mass is 599 g/mol. The summed E-state index contributed by atoms with van der Waals surface area (Å²) in [5, 5.41) is 7.12. The van der Waals surface area contributed by atoms with Crippen LogP contribution in [0.15, 0.2) is 109 Å². The molecule has 4 rings (SSSR count). The molecule has 0 aromatic heterocycles. The summed E-state index contributed by atoms with van der Waals surface area (Å²) in [6.45, 7) is 0.243. The molecule has 43 heavy (non-hydrogen) atoms. The lowest BCUT2D eigenvalue weighted by atomic mass is 10.0. The predicted octanol–water partition coefficient (Wildman–Crippen LogP) is 5.01. The van der Waals surface area contributed by atoms with Gasteiger partial charge in [0.2, 0.25) is 5.91 Å². The number of amides is 3. The minimum Gasteiger partial charge on any atom is -0.488 e. The topological polar surface area (TPSA) is 97.0 Å². The molecule has 0 heterocycles. The normalized spacial score (nSPS) is 12.1. The first-order valence-corrected chi connectivity index (χ1v) is 14.2. The van der Waals surface area contributed by atoms with Crippen molar-refractivity contribution in [3.8, 4) is 5.75 Å². The lowest BCUT2D eigenvalue weighted by molar-refractivity contribution is -0.171. The lowest BCUT2D eigenvalue weighted by Gasteiger charge is -2.26. The molecular formula is C34H34ClN3O5. The van der Waals surface area contributed by atoms with Crippen LogP contribution in [0, 0.1) is 0 Å². The highest BCUT2D eigenvalue weighted by Crippen LogP contribution is 2.24. The van der Waals surface area contributed by atoms with Gasteiger partial charge < -0.3 is 15.4 Å². The molecule has 222 valence electrons. The van der Waals surface area contributed by atoms with Crippen LogP contribution in [0.1, 0.15) is 27.0 Å². The van der Waals surface area contributed by atoms with E-state index in [9.17, 15) is 14.4 Å². The van der Waals surface area contributed by atoms with Crippen LogP contribution in [-0.4, -0.2) is 49.0 Å². The number of carbonyl (C=O) groups is 3. The van der Waals surface area contributed by atoms with Crippen molar-refractivity contribution in [1.29, 1.82) is 0 Å². The molecule has 0 spiro atoms. The van der Waals surface area contributed by atoms with E-state index in [1.165, 1.54) is 20.2 Å². The highest BCUT2D eigenvalue weighted by atomic mass is 35.5. The number of nitrogens with one attached hydrogen (secondary N) is 2. The largest absolute Gasteiger partial charge is 0.488 e. The molecule has 0 aliphatic rings. The first-order chi connectivity index (χ1) is 20.8. The van der Waals surface area contributed by atoms with E-state index in [4.69, 9.17) is 21.2 Å². The molecule has 4 aromatic rings. The van der Waals surface area contributed by atoms with Gasteiger partial charge in [-0.15, -0.1) is 0 Å². The third-order valence-electron chi connectivity index (χ3n) is 6.81. The quantitative estimate of drug-likeness (QED) is 0.211. The van der Waals surface area contributed by atoms with Crippen molar-refractivity contribution in [2.24, 2.45) is 0 Å². The molecule has 8 nitrogen and oxygen atoms in total. The number of carbonyl (C=O) groups excluding carboxylic acids is 3. The molecule has 0 saturated carbocycles. The fourth-order valence-electron chi connectivity index (χ4n) is 4.47. The number of hydrogen-bond donors (Lipinski definition) is 2. The van der Waals surface area contributed by atoms with Gasteiger partial charge >= 0.3 is 0 Å². The molecule has 2 atom stereocenters. The number of hydrogen-bond acceptors (Lipinski definition) is 5. The highest BCUT2D eigenvalue weighted by molar-refractivity contribution is 6.31. The van der Waals surface area contributed by atoms with Gasteiger partial charge in [-0.2, -0.15) is 0 Å². The van der Waals surface area contributed by atoms with Gasteiger partial charge in [0.15, 0.2) is 0 Å². The van der Waals surface area contributed by atoms with E-state index in [-0.39, 0.29) is 25.0 Å². The van der Waals surface area contributed by atoms with Gasteiger partial charge in [-0.25, -0.2) is 5.06 Å². The van der Waals surface area contributed by atoms with E-state index >= 15 is 0 Å². The van der Waals surface area contributed by atoms with Crippen molar-refractivity contribution in [2.75, 3.05) is 14.2 Å². The van der Waals surface area contributed by atoms with Crippen molar-refractivity contribution >= 4 is 29.3 Å². The second kappa shape index (κ2) is 15.5. The summed E-state index contributed by atoms with van der Waals surface area (Å²) >= 11 is 6.26. The van der Waals surface area contributed by atoms with Crippen LogP contribution >= 0.6 is 11.6 Å². The average molecular weight is 600 g/mol. The van der Waals surface area contributed by atoms with E-state index in [0.29, 0.717) is 10.8 Å². The third kappa shape index (κ3) is 9.16. The van der Waals surface area contributed by atoms with Crippen molar-refractivity contribution in [2.45, 2.75) is 31.5 Å². The van der Waals surface area contributed by atoms with Gasteiger partial charge in [0.05, 0.1) is 12.7 Å². The summed E-state index contributed by atoms with van der Waals surface area (Å²) in [5.74, 6) is -1.18. The summed E-state index contributed by atoms with van der Waals surface area (Å²) in [7, 11) is 2.85. The molecule has 0 radical (unpaired) electrons. The number of halogens is 1. The van der Waals surface area contributed by atoms with Gasteiger partial charge in [0, 0.05) is 24.9 Å². The number of nitrogens with zero attached hydrogens (tertiary/aromatic N) is 1. The maximum atomic E-state index is 13.8. The zero-order valence-electron chi connectivity index (χ0n) is 24.0. The van der Waals surface area contributed by atoms with E-state index in [1.807, 2.05) is 91.0 Å². The fraction of sp³-hybridized carbons (Fsp3) is 0.206. The molecule has 2 N–H and O–H groups in total. The van der Waals surface area contributed by atoms with Crippen LogP contribution in [-0.2, 0) is 33.9 Å². The van der Waals surface area contributed by atoms with Gasteiger partial charge in [0.1, 0.15) is 24.4 Å². The van der Waals surface area contributed by atoms with Crippen molar-refractivity contribution in [3.63, 3.8) is 0 Å². The fourth-order valence-corrected chi connectivity index (χ4v) is 4.64. The number of benzene rings is 4. The number of hydroxylamine groups is 2.